The second-order valence-corrected chi connectivity index (χ2v) is 8.43. The molecule has 0 bridgehead atoms. The van der Waals surface area contributed by atoms with Gasteiger partial charge in [0.15, 0.2) is 11.6 Å². The minimum atomic E-state index is 0.0170. The fraction of sp³-hybridized carbons (Fsp3) is 0.100. The molecule has 1 aromatic heterocycles. The molecule has 0 aliphatic carbocycles. The Kier molecular flexibility index (Phi) is 5.34. The van der Waals surface area contributed by atoms with Crippen LogP contribution in [-0.2, 0) is 0 Å². The zero-order valence-electron chi connectivity index (χ0n) is 19.9. The second kappa shape index (κ2) is 8.82. The standard InChI is InChI=1S/C30H23N3O3/c1-3-36-30-32-28(24-15-13-19(35-2)16-27(24)34)31-29(33-30)26-17-25-20-9-5-4-8-18(20)12-14-23(25)21-10-6-7-11-22(21)26/h4-17,34H,3H2,1-2H3. The molecule has 6 heteroatoms. The van der Waals surface area contributed by atoms with Crippen LogP contribution in [0.25, 0.3) is 55.1 Å². The lowest BCUT2D eigenvalue weighted by Crippen LogP contribution is -2.03. The normalized spacial score (nSPS) is 11.3. The Labute approximate surface area is 207 Å². The first-order valence-electron chi connectivity index (χ1n) is 11.8. The van der Waals surface area contributed by atoms with Gasteiger partial charge in [-0.25, -0.2) is 4.98 Å². The number of ether oxygens (including phenoxy) is 2. The van der Waals surface area contributed by atoms with Gasteiger partial charge in [0.05, 0.1) is 19.3 Å². The fourth-order valence-corrected chi connectivity index (χ4v) is 4.66. The average molecular weight is 474 g/mol. The monoisotopic (exact) mass is 473 g/mol. The molecule has 36 heavy (non-hydrogen) atoms. The van der Waals surface area contributed by atoms with E-state index < -0.39 is 0 Å². The lowest BCUT2D eigenvalue weighted by molar-refractivity contribution is 0.312. The van der Waals surface area contributed by atoms with Crippen LogP contribution in [0.3, 0.4) is 0 Å². The summed E-state index contributed by atoms with van der Waals surface area (Å²) in [6.45, 7) is 2.28. The fourth-order valence-electron chi connectivity index (χ4n) is 4.66. The van der Waals surface area contributed by atoms with Crippen molar-refractivity contribution in [1.82, 2.24) is 15.0 Å². The number of aromatic hydroxyl groups is 1. The number of hydrogen-bond acceptors (Lipinski definition) is 6. The van der Waals surface area contributed by atoms with Gasteiger partial charge < -0.3 is 14.6 Å². The first-order valence-corrected chi connectivity index (χ1v) is 11.8. The molecule has 6 nitrogen and oxygen atoms in total. The highest BCUT2D eigenvalue weighted by atomic mass is 16.5. The molecule has 0 saturated heterocycles. The molecule has 6 aromatic rings. The molecule has 0 atom stereocenters. The van der Waals surface area contributed by atoms with Gasteiger partial charge in [-0.15, -0.1) is 0 Å². The van der Waals surface area contributed by atoms with Gasteiger partial charge in [0.25, 0.3) is 0 Å². The van der Waals surface area contributed by atoms with E-state index in [2.05, 4.69) is 58.5 Å². The summed E-state index contributed by atoms with van der Waals surface area (Å²) in [6.07, 6.45) is 0. The summed E-state index contributed by atoms with van der Waals surface area (Å²) >= 11 is 0. The highest BCUT2D eigenvalue weighted by Crippen LogP contribution is 2.38. The molecule has 1 heterocycles. The van der Waals surface area contributed by atoms with Gasteiger partial charge in [0, 0.05) is 11.6 Å². The first-order chi connectivity index (χ1) is 17.7. The van der Waals surface area contributed by atoms with E-state index in [-0.39, 0.29) is 11.8 Å². The predicted octanol–water partition coefficient (Wildman–Crippen LogP) is 6.78. The third kappa shape index (κ3) is 3.64. The van der Waals surface area contributed by atoms with Crippen molar-refractivity contribution in [3.63, 3.8) is 0 Å². The number of nitrogens with zero attached hydrogens (tertiary/aromatic N) is 3. The Balaban J connectivity index is 1.66. The minimum Gasteiger partial charge on any atom is -0.507 e. The van der Waals surface area contributed by atoms with Crippen molar-refractivity contribution in [2.75, 3.05) is 13.7 Å². The van der Waals surface area contributed by atoms with Gasteiger partial charge in [-0.1, -0.05) is 60.7 Å². The SMILES string of the molecule is CCOc1nc(-c2ccc(OC)cc2O)nc(-c2cc3c4ccccc4ccc3c3ccccc23)n1. The van der Waals surface area contributed by atoms with E-state index in [0.717, 1.165) is 27.1 Å². The first kappa shape index (κ1) is 21.8. The summed E-state index contributed by atoms with van der Waals surface area (Å²) in [5.41, 5.74) is 1.34. The van der Waals surface area contributed by atoms with E-state index in [4.69, 9.17) is 14.5 Å². The third-order valence-electron chi connectivity index (χ3n) is 6.34. The molecule has 0 aliphatic rings. The number of methoxy groups -OCH3 is 1. The quantitative estimate of drug-likeness (QED) is 0.278. The second-order valence-electron chi connectivity index (χ2n) is 8.43. The summed E-state index contributed by atoms with van der Waals surface area (Å²) in [7, 11) is 1.55. The zero-order chi connectivity index (χ0) is 24.6. The molecule has 0 saturated carbocycles. The van der Waals surface area contributed by atoms with Gasteiger partial charge in [-0.2, -0.15) is 9.97 Å². The molecule has 0 fully saturated rings. The van der Waals surface area contributed by atoms with Crippen LogP contribution in [-0.4, -0.2) is 33.8 Å². The molecule has 5 aromatic carbocycles. The van der Waals surface area contributed by atoms with Crippen molar-refractivity contribution in [3.05, 3.63) is 84.9 Å². The van der Waals surface area contributed by atoms with Gasteiger partial charge in [-0.05, 0) is 57.4 Å². The van der Waals surface area contributed by atoms with Crippen LogP contribution in [0.5, 0.6) is 17.5 Å². The van der Waals surface area contributed by atoms with Crippen molar-refractivity contribution in [2.45, 2.75) is 6.92 Å². The Morgan fingerprint density at radius 3 is 2.11 bits per heavy atom. The topological polar surface area (TPSA) is 77.4 Å². The molecule has 1 N–H and O–H groups in total. The largest absolute Gasteiger partial charge is 0.507 e. The van der Waals surface area contributed by atoms with E-state index in [0.29, 0.717) is 29.6 Å². The molecule has 0 spiro atoms. The summed E-state index contributed by atoms with van der Waals surface area (Å²) in [5.74, 6) is 1.36. The van der Waals surface area contributed by atoms with Crippen LogP contribution >= 0.6 is 0 Å². The number of rotatable bonds is 5. The molecule has 6 rings (SSSR count). The van der Waals surface area contributed by atoms with Gasteiger partial charge in [-0.3, -0.25) is 0 Å². The maximum Gasteiger partial charge on any atom is 0.320 e. The Bertz CT molecular complexity index is 1760. The van der Waals surface area contributed by atoms with Crippen molar-refractivity contribution >= 4 is 32.3 Å². The summed E-state index contributed by atoms with van der Waals surface area (Å²) in [4.78, 5) is 14.0. The Morgan fingerprint density at radius 2 is 1.36 bits per heavy atom. The van der Waals surface area contributed by atoms with Crippen LogP contribution in [0.1, 0.15) is 6.92 Å². The maximum atomic E-state index is 10.7. The lowest BCUT2D eigenvalue weighted by atomic mass is 9.93. The van der Waals surface area contributed by atoms with E-state index >= 15 is 0 Å². The molecule has 0 unspecified atom stereocenters. The van der Waals surface area contributed by atoms with Gasteiger partial charge in [0.1, 0.15) is 11.5 Å². The smallest absolute Gasteiger partial charge is 0.320 e. The maximum absolute atomic E-state index is 10.7. The average Bonchev–Trinajstić information content (AvgIpc) is 2.92. The van der Waals surface area contributed by atoms with Crippen LogP contribution in [0.15, 0.2) is 84.9 Å². The third-order valence-corrected chi connectivity index (χ3v) is 6.34. The minimum absolute atomic E-state index is 0.0170. The van der Waals surface area contributed by atoms with Crippen LogP contribution in [0, 0.1) is 0 Å². The number of fused-ring (bicyclic) bond motifs is 5. The molecule has 0 amide bonds. The van der Waals surface area contributed by atoms with Crippen molar-refractivity contribution in [2.24, 2.45) is 0 Å². The van der Waals surface area contributed by atoms with Crippen LogP contribution < -0.4 is 9.47 Å². The van der Waals surface area contributed by atoms with Crippen molar-refractivity contribution < 1.29 is 14.6 Å². The number of phenolic OH excluding ortho intramolecular Hbond substituents is 1. The number of hydrogen-bond donors (Lipinski definition) is 1. The summed E-state index contributed by atoms with van der Waals surface area (Å²) in [6, 6.07) is 28.3. The zero-order valence-corrected chi connectivity index (χ0v) is 19.9. The van der Waals surface area contributed by atoms with Crippen LogP contribution in [0.4, 0.5) is 0 Å². The van der Waals surface area contributed by atoms with E-state index in [1.54, 1.807) is 19.2 Å². The van der Waals surface area contributed by atoms with Crippen molar-refractivity contribution in [3.8, 4) is 40.3 Å². The molecule has 0 radical (unpaired) electrons. The Hall–Kier alpha value is -4.71. The highest BCUT2D eigenvalue weighted by molar-refractivity contribution is 6.20. The van der Waals surface area contributed by atoms with E-state index in [1.165, 1.54) is 16.8 Å². The Morgan fingerprint density at radius 1 is 0.667 bits per heavy atom. The van der Waals surface area contributed by atoms with E-state index in [9.17, 15) is 5.11 Å². The van der Waals surface area contributed by atoms with Gasteiger partial charge in [0.2, 0.25) is 0 Å². The van der Waals surface area contributed by atoms with Crippen molar-refractivity contribution in [1.29, 1.82) is 0 Å². The lowest BCUT2D eigenvalue weighted by Gasteiger charge is -2.14. The molecule has 0 aliphatic heterocycles. The number of aromatic nitrogens is 3. The predicted molar refractivity (Wildman–Crippen MR) is 143 cm³/mol. The molecular formula is C30H23N3O3. The van der Waals surface area contributed by atoms with E-state index in [1.807, 2.05) is 25.1 Å². The number of benzene rings is 5. The highest BCUT2D eigenvalue weighted by Gasteiger charge is 2.18. The number of phenols is 1. The summed E-state index contributed by atoms with van der Waals surface area (Å²) in [5, 5.41) is 17.4. The molecular weight excluding hydrogens is 450 g/mol. The molecule has 176 valence electrons. The van der Waals surface area contributed by atoms with Crippen LogP contribution in [0.2, 0.25) is 0 Å². The van der Waals surface area contributed by atoms with Gasteiger partial charge >= 0.3 is 6.01 Å². The summed E-state index contributed by atoms with van der Waals surface area (Å²) < 4.78 is 10.9.